The highest BCUT2D eigenvalue weighted by Gasteiger charge is 2.58. The Morgan fingerprint density at radius 2 is 1.58 bits per heavy atom. The zero-order chi connectivity index (χ0) is 23.3. The van der Waals surface area contributed by atoms with E-state index < -0.39 is 93.2 Å². The van der Waals surface area contributed by atoms with Gasteiger partial charge in [0.1, 0.15) is 55.9 Å². The minimum absolute atomic E-state index is 0.0488. The third-order valence-corrected chi connectivity index (χ3v) is 4.94. The molecule has 2 heterocycles. The second kappa shape index (κ2) is 10.9. The molecule has 2 rings (SSSR count). The predicted octanol–water partition coefficient (Wildman–Crippen LogP) is -4.89. The Hall–Kier alpha value is -1.46. The molecular weight excluding hydrogens is 428 g/mol. The van der Waals surface area contributed by atoms with Gasteiger partial charge in [-0.25, -0.2) is 4.79 Å². The van der Waals surface area contributed by atoms with E-state index >= 15 is 0 Å². The lowest BCUT2D eigenvalue weighted by molar-refractivity contribution is -0.383. The van der Waals surface area contributed by atoms with Gasteiger partial charge in [0, 0.05) is 6.42 Å². The largest absolute Gasteiger partial charge is 0.460 e. The van der Waals surface area contributed by atoms with E-state index in [0.717, 1.165) is 0 Å². The minimum Gasteiger partial charge on any atom is -0.460 e. The number of ether oxygens (including phenoxy) is 5. The van der Waals surface area contributed by atoms with Crippen LogP contribution in [-0.2, 0) is 33.3 Å². The number of hydrogen-bond acceptors (Lipinski definition) is 14. The molecule has 2 aliphatic rings. The lowest BCUT2D eigenvalue weighted by Crippen LogP contribution is -2.62. The van der Waals surface area contributed by atoms with Gasteiger partial charge in [-0.15, -0.1) is 0 Å². The topological polar surface area (TPSA) is 222 Å². The Kier molecular flexibility index (Phi) is 9.08. The average molecular weight is 456 g/mol. The molecule has 2 saturated heterocycles. The van der Waals surface area contributed by atoms with Crippen molar-refractivity contribution in [3.8, 4) is 0 Å². The smallest absolute Gasteiger partial charge is 0.344 e. The standard InChI is InChI=1S/C17H28O14/c1-2-9(20)28-5-10(21)27-4-8-11(22)13(24)14(25)16(29-8)31-17(6-19)15(26)12(23)7(3-18)30-17/h7-8,11-16,18-19,22-26H,2-6H2,1H3/t7-,8-,11-,12-,13+,14-,15+,16-,17+/m1/s1. The first kappa shape index (κ1) is 25.8. The maximum Gasteiger partial charge on any atom is 0.344 e. The fourth-order valence-corrected chi connectivity index (χ4v) is 3.08. The van der Waals surface area contributed by atoms with Gasteiger partial charge in [0.2, 0.25) is 5.79 Å². The molecule has 7 N–H and O–H groups in total. The van der Waals surface area contributed by atoms with Crippen molar-refractivity contribution in [1.29, 1.82) is 0 Å². The van der Waals surface area contributed by atoms with Gasteiger partial charge in [0.25, 0.3) is 0 Å². The third kappa shape index (κ3) is 5.67. The van der Waals surface area contributed by atoms with Crippen LogP contribution in [0.3, 0.4) is 0 Å². The number of carbonyl (C=O) groups excluding carboxylic acids is 2. The van der Waals surface area contributed by atoms with Crippen molar-refractivity contribution >= 4 is 11.9 Å². The molecule has 0 aliphatic carbocycles. The van der Waals surface area contributed by atoms with Crippen LogP contribution in [0.25, 0.3) is 0 Å². The second-order valence-electron chi connectivity index (χ2n) is 7.07. The first-order valence-corrected chi connectivity index (χ1v) is 9.54. The Bertz CT molecular complexity index is 616. The van der Waals surface area contributed by atoms with E-state index in [0.29, 0.717) is 0 Å². The molecule has 14 nitrogen and oxygen atoms in total. The molecule has 0 unspecified atom stereocenters. The molecule has 0 aromatic heterocycles. The maximum absolute atomic E-state index is 11.6. The fraction of sp³-hybridized carbons (Fsp3) is 0.882. The van der Waals surface area contributed by atoms with Crippen LogP contribution in [0.4, 0.5) is 0 Å². The van der Waals surface area contributed by atoms with Crippen LogP contribution in [0.1, 0.15) is 13.3 Å². The van der Waals surface area contributed by atoms with E-state index in [1.165, 1.54) is 6.92 Å². The van der Waals surface area contributed by atoms with E-state index in [2.05, 4.69) is 4.74 Å². The summed E-state index contributed by atoms with van der Waals surface area (Å²) in [6, 6.07) is 0. The van der Waals surface area contributed by atoms with Crippen molar-refractivity contribution in [3.63, 3.8) is 0 Å². The lowest BCUT2D eigenvalue weighted by atomic mass is 9.99. The van der Waals surface area contributed by atoms with Gasteiger partial charge in [-0.05, 0) is 0 Å². The van der Waals surface area contributed by atoms with Gasteiger partial charge < -0.3 is 59.4 Å². The van der Waals surface area contributed by atoms with Crippen molar-refractivity contribution in [3.05, 3.63) is 0 Å². The minimum atomic E-state index is -2.32. The van der Waals surface area contributed by atoms with Crippen LogP contribution in [0.15, 0.2) is 0 Å². The molecule has 0 aromatic rings. The summed E-state index contributed by atoms with van der Waals surface area (Å²) in [5.41, 5.74) is 0. The van der Waals surface area contributed by atoms with Gasteiger partial charge >= 0.3 is 11.9 Å². The summed E-state index contributed by atoms with van der Waals surface area (Å²) < 4.78 is 25.2. The third-order valence-electron chi connectivity index (χ3n) is 4.94. The number of aliphatic hydroxyl groups excluding tert-OH is 7. The van der Waals surface area contributed by atoms with Crippen LogP contribution in [0.2, 0.25) is 0 Å². The molecule has 0 radical (unpaired) electrons. The van der Waals surface area contributed by atoms with E-state index in [1.807, 2.05) is 0 Å². The quantitative estimate of drug-likeness (QED) is 0.162. The first-order valence-electron chi connectivity index (χ1n) is 9.54. The summed E-state index contributed by atoms with van der Waals surface area (Å²) >= 11 is 0. The first-order chi connectivity index (χ1) is 14.6. The fourth-order valence-electron chi connectivity index (χ4n) is 3.08. The molecule has 0 amide bonds. The number of aliphatic hydroxyl groups is 7. The summed E-state index contributed by atoms with van der Waals surface area (Å²) in [6.07, 6.45) is -13.5. The van der Waals surface area contributed by atoms with Gasteiger partial charge in [0.15, 0.2) is 12.9 Å². The molecule has 0 aromatic carbocycles. The zero-order valence-corrected chi connectivity index (χ0v) is 16.6. The van der Waals surface area contributed by atoms with Crippen molar-refractivity contribution in [1.82, 2.24) is 0 Å². The van der Waals surface area contributed by atoms with Crippen LogP contribution >= 0.6 is 0 Å². The number of hydrogen-bond donors (Lipinski definition) is 7. The van der Waals surface area contributed by atoms with Crippen molar-refractivity contribution in [2.45, 2.75) is 68.1 Å². The van der Waals surface area contributed by atoms with Gasteiger partial charge in [-0.3, -0.25) is 4.79 Å². The van der Waals surface area contributed by atoms with Crippen LogP contribution in [0.5, 0.6) is 0 Å². The normalized spacial score (nSPS) is 40.5. The SMILES string of the molecule is CCC(=O)OCC(=O)OC[C@H]1O[C@H](O[C@]2(CO)O[C@H](CO)[C@@H](O)[C@@H]2O)[C@H](O)[C@@H](O)[C@@H]1O. The summed E-state index contributed by atoms with van der Waals surface area (Å²) in [4.78, 5) is 22.7. The lowest BCUT2D eigenvalue weighted by Gasteiger charge is -2.43. The molecule has 14 heteroatoms. The Balaban J connectivity index is 2.04. The van der Waals surface area contributed by atoms with Gasteiger partial charge in [-0.2, -0.15) is 0 Å². The van der Waals surface area contributed by atoms with Crippen LogP contribution in [-0.4, -0.2) is 129 Å². The highest BCUT2D eigenvalue weighted by molar-refractivity contribution is 5.76. The molecule has 0 bridgehead atoms. The van der Waals surface area contributed by atoms with Crippen LogP contribution < -0.4 is 0 Å². The van der Waals surface area contributed by atoms with E-state index in [1.54, 1.807) is 0 Å². The molecule has 180 valence electrons. The Morgan fingerprint density at radius 3 is 2.13 bits per heavy atom. The maximum atomic E-state index is 11.6. The summed E-state index contributed by atoms with van der Waals surface area (Å²) in [5, 5.41) is 69.3. The summed E-state index contributed by atoms with van der Waals surface area (Å²) in [5.74, 6) is -3.92. The highest BCUT2D eigenvalue weighted by atomic mass is 16.8. The number of rotatable bonds is 9. The second-order valence-corrected chi connectivity index (χ2v) is 7.07. The van der Waals surface area contributed by atoms with Crippen LogP contribution in [0, 0.1) is 0 Å². The Morgan fingerprint density at radius 1 is 0.903 bits per heavy atom. The molecule has 2 aliphatic heterocycles. The zero-order valence-electron chi connectivity index (χ0n) is 16.6. The monoisotopic (exact) mass is 456 g/mol. The van der Waals surface area contributed by atoms with Crippen molar-refractivity contribution in [2.75, 3.05) is 26.4 Å². The van der Waals surface area contributed by atoms with Crippen molar-refractivity contribution < 1.29 is 69.0 Å². The van der Waals surface area contributed by atoms with Gasteiger partial charge in [-0.1, -0.05) is 6.92 Å². The molecule has 9 atom stereocenters. The average Bonchev–Trinajstić information content (AvgIpc) is 3.01. The van der Waals surface area contributed by atoms with Crippen molar-refractivity contribution in [2.24, 2.45) is 0 Å². The molecule has 0 saturated carbocycles. The van der Waals surface area contributed by atoms with Gasteiger partial charge in [0.05, 0.1) is 6.61 Å². The molecule has 2 fully saturated rings. The summed E-state index contributed by atoms with van der Waals surface area (Å²) in [7, 11) is 0. The molecule has 31 heavy (non-hydrogen) atoms. The Labute approximate surface area is 176 Å². The number of carbonyl (C=O) groups is 2. The van der Waals surface area contributed by atoms with E-state index in [-0.39, 0.29) is 6.42 Å². The molecule has 0 spiro atoms. The highest BCUT2D eigenvalue weighted by Crippen LogP contribution is 2.36. The predicted molar refractivity (Wildman–Crippen MR) is 93.8 cm³/mol. The number of esters is 2. The van der Waals surface area contributed by atoms with E-state index in [4.69, 9.17) is 18.9 Å². The molecular formula is C17H28O14. The summed E-state index contributed by atoms with van der Waals surface area (Å²) in [6.45, 7) is -1.55. The van der Waals surface area contributed by atoms with E-state index in [9.17, 15) is 45.3 Å².